The number of nitrogens with one attached hydrogen (secondary N) is 2. The normalized spacial score (nSPS) is 11.8. The van der Waals surface area contributed by atoms with Crippen LogP contribution in [0.2, 0.25) is 0 Å². The Balaban J connectivity index is 1.97. The number of para-hydroxylation sites is 1. The first-order chi connectivity index (χ1) is 11.1. The van der Waals surface area contributed by atoms with Crippen LogP contribution in [0, 0.1) is 0 Å². The van der Waals surface area contributed by atoms with Crippen LogP contribution in [0.3, 0.4) is 0 Å². The van der Waals surface area contributed by atoms with Crippen molar-refractivity contribution in [1.29, 1.82) is 0 Å². The van der Waals surface area contributed by atoms with Crippen LogP contribution >= 0.6 is 0 Å². The Kier molecular flexibility index (Phi) is 5.74. The van der Waals surface area contributed by atoms with Crippen LogP contribution in [0.25, 0.3) is 10.9 Å². The smallest absolute Gasteiger partial charge is 0.326 e. The van der Waals surface area contributed by atoms with Crippen LogP contribution in [-0.4, -0.2) is 41.1 Å². The molecule has 7 heteroatoms. The van der Waals surface area contributed by atoms with E-state index in [9.17, 15) is 19.5 Å². The number of amides is 1. The first-order valence-electron chi connectivity index (χ1n) is 7.24. The van der Waals surface area contributed by atoms with Gasteiger partial charge in [0.1, 0.15) is 6.04 Å². The number of carbonyl (C=O) groups excluding carboxylic acids is 2. The number of aromatic nitrogens is 1. The summed E-state index contributed by atoms with van der Waals surface area (Å²) in [5.41, 5.74) is 1.75. The number of fused-ring (bicyclic) bond motifs is 1. The lowest BCUT2D eigenvalue weighted by Gasteiger charge is -2.14. The monoisotopic (exact) mass is 318 g/mol. The molecule has 0 bridgehead atoms. The molecule has 0 radical (unpaired) electrons. The average Bonchev–Trinajstić information content (AvgIpc) is 2.94. The predicted octanol–water partition coefficient (Wildman–Crippen LogP) is 1.23. The number of aliphatic carboxylic acids is 1. The molecule has 0 saturated heterocycles. The van der Waals surface area contributed by atoms with E-state index < -0.39 is 12.0 Å². The van der Waals surface area contributed by atoms with E-state index in [0.717, 1.165) is 16.5 Å². The van der Waals surface area contributed by atoms with E-state index in [2.05, 4.69) is 15.0 Å². The second kappa shape index (κ2) is 7.98. The highest BCUT2D eigenvalue weighted by Crippen LogP contribution is 2.19. The number of hydrogen-bond donors (Lipinski definition) is 3. The molecule has 2 rings (SSSR count). The van der Waals surface area contributed by atoms with E-state index in [-0.39, 0.29) is 25.4 Å². The summed E-state index contributed by atoms with van der Waals surface area (Å²) in [6.07, 6.45) is 2.40. The minimum atomic E-state index is -1.09. The molecule has 0 spiro atoms. The first kappa shape index (κ1) is 16.5. The van der Waals surface area contributed by atoms with Crippen LogP contribution in [-0.2, 0) is 25.5 Å². The van der Waals surface area contributed by atoms with E-state index in [0.29, 0.717) is 12.9 Å². The standard InChI is InChI=1S/C16H18N2O5/c19-10-23-7-3-6-15(20)18-14(16(21)22)8-11-9-17-13-5-2-1-4-12(11)13/h1-2,4-5,9-10,14,17H,3,6-8H2,(H,18,20)(H,21,22). The van der Waals surface area contributed by atoms with Crippen molar-refractivity contribution in [1.82, 2.24) is 10.3 Å². The number of rotatable bonds is 9. The summed E-state index contributed by atoms with van der Waals surface area (Å²) < 4.78 is 4.49. The predicted molar refractivity (Wildman–Crippen MR) is 82.8 cm³/mol. The van der Waals surface area contributed by atoms with Crippen molar-refractivity contribution in [2.24, 2.45) is 0 Å². The highest BCUT2D eigenvalue weighted by atomic mass is 16.5. The Bertz CT molecular complexity index is 695. The Morgan fingerprint density at radius 3 is 2.87 bits per heavy atom. The summed E-state index contributed by atoms with van der Waals surface area (Å²) in [5.74, 6) is -1.47. The van der Waals surface area contributed by atoms with Gasteiger partial charge in [-0.1, -0.05) is 18.2 Å². The molecule has 1 heterocycles. The molecule has 2 aromatic rings. The lowest BCUT2D eigenvalue weighted by Crippen LogP contribution is -2.42. The van der Waals surface area contributed by atoms with E-state index in [1.165, 1.54) is 0 Å². The van der Waals surface area contributed by atoms with Gasteiger partial charge in [0.05, 0.1) is 6.61 Å². The number of H-pyrrole nitrogens is 1. The van der Waals surface area contributed by atoms with Gasteiger partial charge in [-0.2, -0.15) is 0 Å². The summed E-state index contributed by atoms with van der Waals surface area (Å²) in [4.78, 5) is 36.2. The Labute approximate surface area is 132 Å². The molecular formula is C16H18N2O5. The largest absolute Gasteiger partial charge is 0.480 e. The molecular weight excluding hydrogens is 300 g/mol. The zero-order chi connectivity index (χ0) is 16.7. The molecule has 1 aromatic carbocycles. The minimum absolute atomic E-state index is 0.103. The van der Waals surface area contributed by atoms with Gasteiger partial charge in [0, 0.05) is 29.9 Å². The van der Waals surface area contributed by atoms with Crippen LogP contribution in [0.1, 0.15) is 18.4 Å². The van der Waals surface area contributed by atoms with Gasteiger partial charge in [0.15, 0.2) is 0 Å². The summed E-state index contributed by atoms with van der Waals surface area (Å²) in [6, 6.07) is 6.56. The Morgan fingerprint density at radius 1 is 1.35 bits per heavy atom. The maximum Gasteiger partial charge on any atom is 0.326 e. The number of hydrogen-bond acceptors (Lipinski definition) is 4. The number of carbonyl (C=O) groups is 3. The number of aromatic amines is 1. The fraction of sp³-hybridized carbons (Fsp3) is 0.312. The third-order valence-corrected chi connectivity index (χ3v) is 3.47. The van der Waals surface area contributed by atoms with Crippen molar-refractivity contribution in [3.05, 3.63) is 36.0 Å². The Hall–Kier alpha value is -2.83. The molecule has 3 N–H and O–H groups in total. The highest BCUT2D eigenvalue weighted by Gasteiger charge is 2.21. The second-order valence-corrected chi connectivity index (χ2v) is 5.09. The second-order valence-electron chi connectivity index (χ2n) is 5.09. The molecule has 1 unspecified atom stereocenters. The lowest BCUT2D eigenvalue weighted by molar-refractivity contribution is -0.141. The van der Waals surface area contributed by atoms with Crippen LogP contribution in [0.4, 0.5) is 0 Å². The number of carboxylic acid groups (broad SMARTS) is 1. The molecule has 122 valence electrons. The Morgan fingerprint density at radius 2 is 2.13 bits per heavy atom. The third kappa shape index (κ3) is 4.57. The maximum absolute atomic E-state index is 11.8. The fourth-order valence-electron chi connectivity index (χ4n) is 2.35. The van der Waals surface area contributed by atoms with Gasteiger partial charge >= 0.3 is 5.97 Å². The van der Waals surface area contributed by atoms with Gasteiger partial charge in [-0.3, -0.25) is 9.59 Å². The molecule has 23 heavy (non-hydrogen) atoms. The van der Waals surface area contributed by atoms with Gasteiger partial charge in [-0.05, 0) is 18.1 Å². The highest BCUT2D eigenvalue weighted by molar-refractivity contribution is 5.86. The van der Waals surface area contributed by atoms with E-state index in [4.69, 9.17) is 0 Å². The van der Waals surface area contributed by atoms with E-state index in [1.807, 2.05) is 24.3 Å². The quantitative estimate of drug-likeness (QED) is 0.476. The molecule has 1 atom stereocenters. The summed E-state index contributed by atoms with van der Waals surface area (Å²) >= 11 is 0. The number of carboxylic acids is 1. The zero-order valence-electron chi connectivity index (χ0n) is 12.5. The summed E-state index contributed by atoms with van der Waals surface area (Å²) in [7, 11) is 0. The minimum Gasteiger partial charge on any atom is -0.480 e. The third-order valence-electron chi connectivity index (χ3n) is 3.47. The zero-order valence-corrected chi connectivity index (χ0v) is 12.5. The fourth-order valence-corrected chi connectivity index (χ4v) is 2.35. The van der Waals surface area contributed by atoms with Crippen LogP contribution in [0.15, 0.2) is 30.5 Å². The number of ether oxygens (including phenoxy) is 1. The maximum atomic E-state index is 11.8. The molecule has 7 nitrogen and oxygen atoms in total. The van der Waals surface area contributed by atoms with Crippen LogP contribution in [0.5, 0.6) is 0 Å². The lowest BCUT2D eigenvalue weighted by atomic mass is 10.0. The van der Waals surface area contributed by atoms with Crippen LogP contribution < -0.4 is 5.32 Å². The molecule has 0 aliphatic rings. The van der Waals surface area contributed by atoms with E-state index >= 15 is 0 Å². The van der Waals surface area contributed by atoms with Crippen molar-refractivity contribution in [3.8, 4) is 0 Å². The molecule has 1 aromatic heterocycles. The van der Waals surface area contributed by atoms with Crippen molar-refractivity contribution in [2.75, 3.05) is 6.61 Å². The average molecular weight is 318 g/mol. The van der Waals surface area contributed by atoms with Gasteiger partial charge in [0.25, 0.3) is 6.47 Å². The van der Waals surface area contributed by atoms with Crippen molar-refractivity contribution < 1.29 is 24.2 Å². The molecule has 0 aliphatic heterocycles. The number of benzene rings is 1. The SMILES string of the molecule is O=COCCCC(=O)NC(Cc1c[nH]c2ccccc12)C(=O)O. The van der Waals surface area contributed by atoms with Gasteiger partial charge in [-0.25, -0.2) is 4.79 Å². The van der Waals surface area contributed by atoms with Gasteiger partial charge < -0.3 is 20.1 Å². The summed E-state index contributed by atoms with van der Waals surface area (Å²) in [5, 5.41) is 12.7. The van der Waals surface area contributed by atoms with Crippen molar-refractivity contribution in [3.63, 3.8) is 0 Å². The topological polar surface area (TPSA) is 108 Å². The summed E-state index contributed by atoms with van der Waals surface area (Å²) in [6.45, 7) is 0.450. The molecule has 0 fully saturated rings. The molecule has 0 aliphatic carbocycles. The van der Waals surface area contributed by atoms with Crippen molar-refractivity contribution >= 4 is 29.3 Å². The van der Waals surface area contributed by atoms with E-state index in [1.54, 1.807) is 6.20 Å². The first-order valence-corrected chi connectivity index (χ1v) is 7.24. The van der Waals surface area contributed by atoms with Gasteiger partial charge in [-0.15, -0.1) is 0 Å². The van der Waals surface area contributed by atoms with Crippen molar-refractivity contribution in [2.45, 2.75) is 25.3 Å². The molecule has 0 saturated carbocycles. The van der Waals surface area contributed by atoms with Gasteiger partial charge in [0.2, 0.25) is 5.91 Å². The molecule has 1 amide bonds.